The minimum Gasteiger partial charge on any atom is -0.267 e. The summed E-state index contributed by atoms with van der Waals surface area (Å²) >= 11 is 5.96. The highest BCUT2D eigenvalue weighted by atomic mass is 35.5. The number of para-hydroxylation sites is 1. The van der Waals surface area contributed by atoms with E-state index in [0.29, 0.717) is 26.9 Å². The van der Waals surface area contributed by atoms with Gasteiger partial charge in [0, 0.05) is 9.92 Å². The van der Waals surface area contributed by atoms with Gasteiger partial charge in [-0.2, -0.15) is 10.1 Å². The monoisotopic (exact) mass is 476 g/mol. The van der Waals surface area contributed by atoms with Crippen LogP contribution in [0.4, 0.5) is 5.69 Å². The Morgan fingerprint density at radius 2 is 1.58 bits per heavy atom. The molecule has 0 aromatic heterocycles. The molecule has 0 bridgehead atoms. The van der Waals surface area contributed by atoms with Crippen LogP contribution in [0.15, 0.2) is 94.4 Å². The third-order valence-corrected chi connectivity index (χ3v) is 6.97. The molecule has 0 saturated carbocycles. The van der Waals surface area contributed by atoms with Crippen molar-refractivity contribution in [2.24, 2.45) is 5.10 Å². The van der Waals surface area contributed by atoms with Crippen molar-refractivity contribution in [2.45, 2.75) is 31.1 Å². The van der Waals surface area contributed by atoms with E-state index in [2.05, 4.69) is 38.0 Å². The van der Waals surface area contributed by atoms with Crippen LogP contribution >= 0.6 is 11.6 Å². The van der Waals surface area contributed by atoms with Crippen LogP contribution in [-0.4, -0.2) is 21.6 Å². The molecule has 1 amide bonds. The molecule has 1 unspecified atom stereocenters. The Bertz CT molecular complexity index is 1240. The van der Waals surface area contributed by atoms with Crippen LogP contribution in [0.2, 0.25) is 5.02 Å². The summed E-state index contributed by atoms with van der Waals surface area (Å²) in [5.41, 5.74) is 3.77. The summed E-state index contributed by atoms with van der Waals surface area (Å²) in [7, 11) is -1.37. The SMILES string of the molecule is CC(C)(C)c1ccc(/C=C2\C(=O)N(c3ccccc3)N=C2CS(=O)c2ccc(Cl)cc2)cc1. The van der Waals surface area contributed by atoms with Crippen LogP contribution in [0.5, 0.6) is 0 Å². The molecule has 0 spiro atoms. The second-order valence-corrected chi connectivity index (χ2v) is 10.8. The van der Waals surface area contributed by atoms with Crippen molar-refractivity contribution in [3.8, 4) is 0 Å². The van der Waals surface area contributed by atoms with E-state index in [1.807, 2.05) is 48.5 Å². The van der Waals surface area contributed by atoms with Gasteiger partial charge in [-0.25, -0.2) is 0 Å². The van der Waals surface area contributed by atoms with Crippen molar-refractivity contribution in [3.05, 3.63) is 101 Å². The highest BCUT2D eigenvalue weighted by molar-refractivity contribution is 7.85. The smallest absolute Gasteiger partial charge is 0.267 e. The standard InChI is InChI=1S/C27H25ClN2O2S/c1-27(2,3)20-11-9-19(10-12-20)17-24-25(18-33(32)23-15-13-21(28)14-16-23)29-30(26(24)31)22-7-5-4-6-8-22/h4-17H,18H2,1-3H3/b24-17-. The van der Waals surface area contributed by atoms with Crippen LogP contribution in [0.3, 0.4) is 0 Å². The third-order valence-electron chi connectivity index (χ3n) is 5.39. The van der Waals surface area contributed by atoms with E-state index in [1.165, 1.54) is 10.6 Å². The number of rotatable bonds is 5. The molecule has 1 atom stereocenters. The Labute approximate surface area is 202 Å². The number of anilines is 1. The lowest BCUT2D eigenvalue weighted by atomic mass is 9.86. The molecule has 4 rings (SSSR count). The van der Waals surface area contributed by atoms with Gasteiger partial charge in [-0.05, 0) is 59.0 Å². The predicted molar refractivity (Wildman–Crippen MR) is 137 cm³/mol. The second kappa shape index (κ2) is 9.46. The molecular formula is C27H25ClN2O2S. The predicted octanol–water partition coefficient (Wildman–Crippen LogP) is 6.23. The Hall–Kier alpha value is -3.02. The van der Waals surface area contributed by atoms with E-state index in [4.69, 9.17) is 11.6 Å². The summed E-state index contributed by atoms with van der Waals surface area (Å²) in [6.07, 6.45) is 1.83. The average molecular weight is 477 g/mol. The molecule has 0 N–H and O–H groups in total. The highest BCUT2D eigenvalue weighted by Gasteiger charge is 2.32. The van der Waals surface area contributed by atoms with Gasteiger partial charge in [0.05, 0.1) is 33.5 Å². The molecule has 33 heavy (non-hydrogen) atoms. The van der Waals surface area contributed by atoms with Crippen molar-refractivity contribution in [2.75, 3.05) is 10.8 Å². The molecule has 1 heterocycles. The first-order valence-electron chi connectivity index (χ1n) is 10.7. The molecule has 0 fully saturated rings. The Morgan fingerprint density at radius 3 is 2.18 bits per heavy atom. The first-order chi connectivity index (χ1) is 15.7. The number of halogens is 1. The molecule has 1 aliphatic heterocycles. The Morgan fingerprint density at radius 1 is 0.939 bits per heavy atom. The maximum Gasteiger partial charge on any atom is 0.280 e. The Kier molecular flexibility index (Phi) is 6.63. The van der Waals surface area contributed by atoms with E-state index in [-0.39, 0.29) is 17.1 Å². The summed E-state index contributed by atoms with van der Waals surface area (Å²) in [6, 6.07) is 24.3. The lowest BCUT2D eigenvalue weighted by Crippen LogP contribution is -2.21. The number of amides is 1. The van der Waals surface area contributed by atoms with Crippen LogP contribution < -0.4 is 5.01 Å². The van der Waals surface area contributed by atoms with Crippen molar-refractivity contribution in [3.63, 3.8) is 0 Å². The fourth-order valence-electron chi connectivity index (χ4n) is 3.49. The van der Waals surface area contributed by atoms with Gasteiger partial charge in [0.25, 0.3) is 5.91 Å². The second-order valence-electron chi connectivity index (χ2n) is 8.87. The van der Waals surface area contributed by atoms with Crippen molar-refractivity contribution >= 4 is 45.8 Å². The number of nitrogens with zero attached hydrogens (tertiary/aromatic N) is 2. The number of carbonyl (C=O) groups excluding carboxylic acids is 1. The first-order valence-corrected chi connectivity index (χ1v) is 12.4. The van der Waals surface area contributed by atoms with Crippen LogP contribution in [0, 0.1) is 0 Å². The van der Waals surface area contributed by atoms with Crippen molar-refractivity contribution in [1.29, 1.82) is 0 Å². The molecule has 4 nitrogen and oxygen atoms in total. The summed E-state index contributed by atoms with van der Waals surface area (Å²) in [5.74, 6) is -0.105. The third kappa shape index (κ3) is 5.32. The average Bonchev–Trinajstić information content (AvgIpc) is 3.09. The molecular weight excluding hydrogens is 452 g/mol. The normalized spacial score (nSPS) is 16.2. The number of hydrogen-bond donors (Lipinski definition) is 0. The van der Waals surface area contributed by atoms with E-state index in [0.717, 1.165) is 5.56 Å². The zero-order valence-corrected chi connectivity index (χ0v) is 20.4. The number of hydrazone groups is 1. The van der Waals surface area contributed by atoms with E-state index >= 15 is 0 Å². The molecule has 3 aromatic rings. The lowest BCUT2D eigenvalue weighted by Gasteiger charge is -2.18. The number of benzene rings is 3. The molecule has 3 aromatic carbocycles. The van der Waals surface area contributed by atoms with Gasteiger partial charge in [-0.1, -0.05) is 74.8 Å². The number of hydrogen-bond acceptors (Lipinski definition) is 3. The minimum atomic E-state index is -1.37. The maximum absolute atomic E-state index is 13.3. The largest absolute Gasteiger partial charge is 0.280 e. The lowest BCUT2D eigenvalue weighted by molar-refractivity contribution is -0.114. The summed E-state index contributed by atoms with van der Waals surface area (Å²) in [4.78, 5) is 14.0. The van der Waals surface area contributed by atoms with E-state index in [1.54, 1.807) is 24.3 Å². The summed E-state index contributed by atoms with van der Waals surface area (Å²) in [5, 5.41) is 6.53. The molecule has 168 valence electrons. The van der Waals surface area contributed by atoms with Gasteiger partial charge >= 0.3 is 0 Å². The van der Waals surface area contributed by atoms with Gasteiger partial charge in [0.2, 0.25) is 0 Å². The van der Waals surface area contributed by atoms with Gasteiger partial charge < -0.3 is 0 Å². The zero-order valence-electron chi connectivity index (χ0n) is 18.8. The summed E-state index contributed by atoms with van der Waals surface area (Å²) in [6.45, 7) is 6.49. The Balaban J connectivity index is 1.69. The van der Waals surface area contributed by atoms with E-state index in [9.17, 15) is 9.00 Å². The minimum absolute atomic E-state index is 0.0427. The van der Waals surface area contributed by atoms with Crippen LogP contribution in [-0.2, 0) is 21.0 Å². The first kappa shape index (κ1) is 23.1. The fraction of sp³-hybridized carbons (Fsp3) is 0.185. The van der Waals surface area contributed by atoms with Crippen LogP contribution in [0.25, 0.3) is 6.08 Å². The van der Waals surface area contributed by atoms with Crippen LogP contribution in [0.1, 0.15) is 31.9 Å². The van der Waals surface area contributed by atoms with E-state index < -0.39 is 10.8 Å². The molecule has 0 saturated heterocycles. The highest BCUT2D eigenvalue weighted by Crippen LogP contribution is 2.27. The zero-order chi connectivity index (χ0) is 23.6. The molecule has 0 radical (unpaired) electrons. The van der Waals surface area contributed by atoms with Crippen molar-refractivity contribution < 1.29 is 9.00 Å². The van der Waals surface area contributed by atoms with Crippen molar-refractivity contribution in [1.82, 2.24) is 0 Å². The van der Waals surface area contributed by atoms with Gasteiger partial charge in [0.15, 0.2) is 0 Å². The molecule has 1 aliphatic rings. The molecule has 0 aliphatic carbocycles. The quantitative estimate of drug-likeness (QED) is 0.410. The van der Waals surface area contributed by atoms with Gasteiger partial charge in [-0.3, -0.25) is 9.00 Å². The summed E-state index contributed by atoms with van der Waals surface area (Å²) < 4.78 is 13.0. The van der Waals surface area contributed by atoms with Gasteiger partial charge in [-0.15, -0.1) is 0 Å². The maximum atomic E-state index is 13.3. The fourth-order valence-corrected chi connectivity index (χ4v) is 4.69. The molecule has 6 heteroatoms. The number of carbonyl (C=O) groups is 1. The van der Waals surface area contributed by atoms with Gasteiger partial charge in [0.1, 0.15) is 0 Å². The topological polar surface area (TPSA) is 49.7 Å².